The normalized spacial score (nSPS) is 18.4. The quantitative estimate of drug-likeness (QED) is 0.438. The second-order valence-corrected chi connectivity index (χ2v) is 7.33. The predicted octanol–water partition coefficient (Wildman–Crippen LogP) is 1.63. The Labute approximate surface area is 184 Å². The molecule has 1 saturated heterocycles. The highest BCUT2D eigenvalue weighted by molar-refractivity contribution is 6.22. The zero-order valence-electron chi connectivity index (χ0n) is 17.8. The first-order chi connectivity index (χ1) is 15.4. The summed E-state index contributed by atoms with van der Waals surface area (Å²) < 4.78 is 20.2. The zero-order chi connectivity index (χ0) is 22.8. The van der Waals surface area contributed by atoms with Crippen LogP contribution in [0, 0.1) is 5.82 Å². The van der Waals surface area contributed by atoms with Crippen molar-refractivity contribution in [3.8, 4) is 5.75 Å². The van der Waals surface area contributed by atoms with E-state index in [2.05, 4.69) is 15.5 Å². The van der Waals surface area contributed by atoms with Crippen LogP contribution in [-0.4, -0.2) is 71.6 Å². The van der Waals surface area contributed by atoms with E-state index in [9.17, 15) is 14.0 Å². The van der Waals surface area contributed by atoms with E-state index >= 15 is 0 Å². The molecule has 4 rings (SSSR count). The SMILES string of the molecule is COc1ccc(/C=N/NC2=[N+](Cc3ccc(F)cc3)C3C(=O)N(C)C(=O)N(C)C3=N2)cc1. The Morgan fingerprint density at radius 2 is 1.81 bits per heavy atom. The van der Waals surface area contributed by atoms with Crippen LogP contribution in [0.1, 0.15) is 11.1 Å². The van der Waals surface area contributed by atoms with Crippen molar-refractivity contribution in [2.75, 3.05) is 21.2 Å². The summed E-state index contributed by atoms with van der Waals surface area (Å²) in [4.78, 5) is 32.2. The summed E-state index contributed by atoms with van der Waals surface area (Å²) in [5.74, 6) is 0.601. The third kappa shape index (κ3) is 3.94. The number of methoxy groups -OCH3 is 1. The summed E-state index contributed by atoms with van der Waals surface area (Å²) in [6.45, 7) is 0.264. The fraction of sp³-hybridized carbons (Fsp3) is 0.227. The smallest absolute Gasteiger partial charge is 0.414 e. The molecule has 2 aromatic rings. The predicted molar refractivity (Wildman–Crippen MR) is 116 cm³/mol. The number of amidine groups is 1. The average Bonchev–Trinajstić information content (AvgIpc) is 3.16. The number of fused-ring (bicyclic) bond motifs is 1. The van der Waals surface area contributed by atoms with Crippen LogP contribution in [0.4, 0.5) is 9.18 Å². The molecular formula is C22H22FN6O3+. The number of halogens is 1. The Morgan fingerprint density at radius 1 is 1.12 bits per heavy atom. The maximum atomic E-state index is 13.3. The van der Waals surface area contributed by atoms with Crippen molar-refractivity contribution in [1.82, 2.24) is 15.2 Å². The first kappa shape index (κ1) is 21.2. The van der Waals surface area contributed by atoms with Crippen LogP contribution in [0.3, 0.4) is 0 Å². The molecule has 2 aromatic carbocycles. The number of hydrogen-bond acceptors (Lipinski definition) is 6. The van der Waals surface area contributed by atoms with Crippen molar-refractivity contribution >= 4 is 29.9 Å². The minimum absolute atomic E-state index is 0.264. The number of nitrogens with zero attached hydrogens (tertiary/aromatic N) is 5. The van der Waals surface area contributed by atoms with Gasteiger partial charge in [0, 0.05) is 14.1 Å². The van der Waals surface area contributed by atoms with Gasteiger partial charge in [0.15, 0.2) is 0 Å². The number of carbonyl (C=O) groups excluding carboxylic acids is 2. The monoisotopic (exact) mass is 437 g/mol. The number of benzene rings is 2. The highest BCUT2D eigenvalue weighted by atomic mass is 19.1. The number of amides is 3. The number of carbonyl (C=O) groups is 2. The topological polar surface area (TPSA) is 89.6 Å². The molecular weight excluding hydrogens is 415 g/mol. The molecule has 9 nitrogen and oxygen atoms in total. The van der Waals surface area contributed by atoms with E-state index in [4.69, 9.17) is 4.74 Å². The maximum absolute atomic E-state index is 13.3. The Kier molecular flexibility index (Phi) is 5.67. The molecule has 0 saturated carbocycles. The number of aliphatic imine (C=N–C) groups is 1. The van der Waals surface area contributed by atoms with Gasteiger partial charge in [0.1, 0.15) is 11.6 Å². The molecule has 1 atom stereocenters. The summed E-state index contributed by atoms with van der Waals surface area (Å²) in [7, 11) is 4.59. The molecule has 1 unspecified atom stereocenters. The van der Waals surface area contributed by atoms with E-state index in [0.717, 1.165) is 21.8 Å². The summed E-state index contributed by atoms with van der Waals surface area (Å²) in [5.41, 5.74) is 4.48. The molecule has 0 aromatic heterocycles. The van der Waals surface area contributed by atoms with E-state index in [0.29, 0.717) is 11.8 Å². The van der Waals surface area contributed by atoms with E-state index in [1.807, 2.05) is 24.3 Å². The summed E-state index contributed by atoms with van der Waals surface area (Å²) in [5, 5.41) is 4.24. The molecule has 1 fully saturated rings. The molecule has 3 amide bonds. The largest absolute Gasteiger partial charge is 0.497 e. The molecule has 0 bridgehead atoms. The number of hydrogen-bond donors (Lipinski definition) is 1. The number of nitrogens with one attached hydrogen (secondary N) is 1. The average molecular weight is 437 g/mol. The first-order valence-corrected chi connectivity index (χ1v) is 9.84. The molecule has 10 heteroatoms. The molecule has 2 heterocycles. The van der Waals surface area contributed by atoms with Crippen molar-refractivity contribution in [2.45, 2.75) is 12.6 Å². The van der Waals surface area contributed by atoms with E-state index in [1.54, 1.807) is 37.1 Å². The molecule has 2 aliphatic rings. The number of imide groups is 1. The van der Waals surface area contributed by atoms with E-state index in [-0.39, 0.29) is 12.4 Å². The highest BCUT2D eigenvalue weighted by Gasteiger charge is 2.51. The minimum Gasteiger partial charge on any atom is -0.497 e. The van der Waals surface area contributed by atoms with E-state index < -0.39 is 18.0 Å². The number of ether oxygens (including phenoxy) is 1. The number of rotatable bonds is 5. The molecule has 2 aliphatic heterocycles. The van der Waals surface area contributed by atoms with Crippen molar-refractivity contribution in [1.29, 1.82) is 0 Å². The van der Waals surface area contributed by atoms with Gasteiger partial charge >= 0.3 is 12.0 Å². The van der Waals surface area contributed by atoms with Crippen LogP contribution in [0.2, 0.25) is 0 Å². The van der Waals surface area contributed by atoms with Gasteiger partial charge in [-0.1, -0.05) is 17.1 Å². The molecule has 164 valence electrons. The van der Waals surface area contributed by atoms with Gasteiger partial charge in [0.2, 0.25) is 11.9 Å². The lowest BCUT2D eigenvalue weighted by atomic mass is 10.1. The number of guanidine groups is 1. The number of likely N-dealkylation sites (N-methyl/N-ethyl adjacent to an activating group) is 2. The van der Waals surface area contributed by atoms with Crippen LogP contribution >= 0.6 is 0 Å². The third-order valence-electron chi connectivity index (χ3n) is 5.29. The molecule has 1 N–H and O–H groups in total. The van der Waals surface area contributed by atoms with Crippen LogP contribution in [0.5, 0.6) is 5.75 Å². The van der Waals surface area contributed by atoms with Gasteiger partial charge in [-0.2, -0.15) is 5.43 Å². The third-order valence-corrected chi connectivity index (χ3v) is 5.29. The van der Waals surface area contributed by atoms with Gasteiger partial charge < -0.3 is 4.74 Å². The van der Waals surface area contributed by atoms with E-state index in [1.165, 1.54) is 24.1 Å². The van der Waals surface area contributed by atoms with Gasteiger partial charge in [-0.3, -0.25) is 14.6 Å². The Hall–Kier alpha value is -4.08. The summed E-state index contributed by atoms with van der Waals surface area (Å²) in [6.07, 6.45) is 1.60. The van der Waals surface area contributed by atoms with Crippen molar-refractivity contribution < 1.29 is 23.3 Å². The van der Waals surface area contributed by atoms with Crippen LogP contribution in [0.25, 0.3) is 0 Å². The molecule has 32 heavy (non-hydrogen) atoms. The first-order valence-electron chi connectivity index (χ1n) is 9.84. The highest BCUT2D eigenvalue weighted by Crippen LogP contribution is 2.20. The lowest BCUT2D eigenvalue weighted by Gasteiger charge is -2.31. The minimum atomic E-state index is -0.800. The van der Waals surface area contributed by atoms with Crippen LogP contribution in [0.15, 0.2) is 58.6 Å². The molecule has 0 radical (unpaired) electrons. The Bertz CT molecular complexity index is 1140. The van der Waals surface area contributed by atoms with Gasteiger partial charge in [-0.05, 0) is 47.5 Å². The fourth-order valence-corrected chi connectivity index (χ4v) is 3.49. The van der Waals surface area contributed by atoms with Crippen LogP contribution in [-0.2, 0) is 11.3 Å². The number of urea groups is 1. The Balaban J connectivity index is 1.65. The van der Waals surface area contributed by atoms with Gasteiger partial charge in [-0.25, -0.2) is 13.8 Å². The fourth-order valence-electron chi connectivity index (χ4n) is 3.49. The van der Waals surface area contributed by atoms with Crippen LogP contribution < -0.4 is 10.2 Å². The molecule has 0 aliphatic carbocycles. The lowest BCUT2D eigenvalue weighted by molar-refractivity contribution is -0.553. The summed E-state index contributed by atoms with van der Waals surface area (Å²) >= 11 is 0. The summed E-state index contributed by atoms with van der Waals surface area (Å²) in [6, 6.07) is 12.0. The standard InChI is InChI=1S/C22H21FN6O3/c1-27-19-18(20(30)28(2)22(27)31)29(13-15-4-8-16(23)9-5-15)21(25-19)26-24-12-14-6-10-17(32-3)11-7-14/h4-12,18H,13H2,1-3H3/p+1/b24-12+. The lowest BCUT2D eigenvalue weighted by Crippen LogP contribution is -2.61. The van der Waals surface area contributed by atoms with Gasteiger partial charge in [-0.15, -0.1) is 5.10 Å². The number of hydrazone groups is 1. The van der Waals surface area contributed by atoms with Crippen molar-refractivity contribution in [3.63, 3.8) is 0 Å². The Morgan fingerprint density at radius 3 is 2.47 bits per heavy atom. The maximum Gasteiger partial charge on any atom is 0.414 e. The second kappa shape index (κ2) is 8.58. The molecule has 0 spiro atoms. The van der Waals surface area contributed by atoms with Crippen molar-refractivity contribution in [2.24, 2.45) is 10.1 Å². The zero-order valence-corrected chi connectivity index (χ0v) is 17.8. The van der Waals surface area contributed by atoms with Crippen molar-refractivity contribution in [3.05, 3.63) is 65.5 Å². The van der Waals surface area contributed by atoms with Gasteiger partial charge in [0.05, 0.1) is 19.9 Å². The second-order valence-electron chi connectivity index (χ2n) is 7.33. The van der Waals surface area contributed by atoms with Gasteiger partial charge in [0.25, 0.3) is 5.91 Å².